The highest BCUT2D eigenvalue weighted by molar-refractivity contribution is 6.30. The second-order valence-corrected chi connectivity index (χ2v) is 5.32. The van der Waals surface area contributed by atoms with Gasteiger partial charge in [0.2, 0.25) is 0 Å². The Kier molecular flexibility index (Phi) is 5.45. The van der Waals surface area contributed by atoms with E-state index >= 15 is 0 Å². The van der Waals surface area contributed by atoms with Gasteiger partial charge in [0, 0.05) is 30.7 Å². The highest BCUT2D eigenvalue weighted by Gasteiger charge is 2.19. The Morgan fingerprint density at radius 3 is 3.11 bits per heavy atom. The van der Waals surface area contributed by atoms with Crippen LogP contribution in [-0.4, -0.2) is 42.3 Å². The number of benzene rings is 1. The van der Waals surface area contributed by atoms with Gasteiger partial charge < -0.3 is 10.4 Å². The van der Waals surface area contributed by atoms with Gasteiger partial charge in [-0.25, -0.2) is 0 Å². The van der Waals surface area contributed by atoms with E-state index in [0.29, 0.717) is 12.6 Å². The molecular weight excluding hydrogens is 248 g/mol. The Balaban J connectivity index is 1.85. The summed E-state index contributed by atoms with van der Waals surface area (Å²) in [5.74, 6) is 0. The molecule has 2 N–H and O–H groups in total. The van der Waals surface area contributed by atoms with Gasteiger partial charge in [-0.2, -0.15) is 0 Å². The summed E-state index contributed by atoms with van der Waals surface area (Å²) >= 11 is 6.00. The van der Waals surface area contributed by atoms with Crippen molar-refractivity contribution >= 4 is 11.6 Å². The molecule has 1 unspecified atom stereocenters. The lowest BCUT2D eigenvalue weighted by Gasteiger charge is -2.33. The number of piperidine rings is 1. The van der Waals surface area contributed by atoms with Crippen LogP contribution in [-0.2, 0) is 6.54 Å². The fraction of sp³-hybridized carbons (Fsp3) is 0.571. The first-order chi connectivity index (χ1) is 8.78. The van der Waals surface area contributed by atoms with E-state index < -0.39 is 0 Å². The summed E-state index contributed by atoms with van der Waals surface area (Å²) in [6, 6.07) is 8.57. The van der Waals surface area contributed by atoms with E-state index in [9.17, 15) is 0 Å². The zero-order valence-electron chi connectivity index (χ0n) is 10.6. The van der Waals surface area contributed by atoms with Gasteiger partial charge in [0.15, 0.2) is 0 Å². The molecule has 1 heterocycles. The summed E-state index contributed by atoms with van der Waals surface area (Å²) in [4.78, 5) is 2.45. The van der Waals surface area contributed by atoms with E-state index in [0.717, 1.165) is 24.7 Å². The minimum Gasteiger partial charge on any atom is -0.395 e. The van der Waals surface area contributed by atoms with Crippen molar-refractivity contribution in [1.29, 1.82) is 0 Å². The molecule has 0 radical (unpaired) electrons. The van der Waals surface area contributed by atoms with E-state index in [1.165, 1.54) is 18.4 Å². The van der Waals surface area contributed by atoms with Crippen LogP contribution in [0.1, 0.15) is 18.4 Å². The maximum atomic E-state index is 8.84. The average Bonchev–Trinajstić information content (AvgIpc) is 2.37. The molecular formula is C14H21ClN2O. The minimum atomic E-state index is 0.213. The van der Waals surface area contributed by atoms with Crippen molar-refractivity contribution in [3.63, 3.8) is 0 Å². The molecule has 0 aliphatic carbocycles. The SMILES string of the molecule is OCCNC1CCCN(Cc2cccc(Cl)c2)C1. The maximum absolute atomic E-state index is 8.84. The number of nitrogens with zero attached hydrogens (tertiary/aromatic N) is 1. The van der Waals surface area contributed by atoms with Gasteiger partial charge in [0.25, 0.3) is 0 Å². The fourth-order valence-electron chi connectivity index (χ4n) is 2.53. The minimum absolute atomic E-state index is 0.213. The van der Waals surface area contributed by atoms with E-state index in [1.807, 2.05) is 18.2 Å². The Hall–Kier alpha value is -0.610. The van der Waals surface area contributed by atoms with E-state index in [4.69, 9.17) is 16.7 Å². The average molecular weight is 269 g/mol. The first-order valence-corrected chi connectivity index (χ1v) is 6.97. The largest absolute Gasteiger partial charge is 0.395 e. The Labute approximate surface area is 114 Å². The molecule has 0 amide bonds. The zero-order chi connectivity index (χ0) is 12.8. The highest BCUT2D eigenvalue weighted by atomic mass is 35.5. The molecule has 100 valence electrons. The van der Waals surface area contributed by atoms with Crippen molar-refractivity contribution in [3.8, 4) is 0 Å². The third-order valence-corrected chi connectivity index (χ3v) is 3.58. The summed E-state index contributed by atoms with van der Waals surface area (Å²) in [6.07, 6.45) is 2.41. The monoisotopic (exact) mass is 268 g/mol. The lowest BCUT2D eigenvalue weighted by molar-refractivity contribution is 0.177. The predicted molar refractivity (Wildman–Crippen MR) is 74.8 cm³/mol. The molecule has 1 aromatic carbocycles. The van der Waals surface area contributed by atoms with Crippen LogP contribution in [0.25, 0.3) is 0 Å². The number of hydrogen-bond acceptors (Lipinski definition) is 3. The molecule has 4 heteroatoms. The summed E-state index contributed by atoms with van der Waals surface area (Å²) in [7, 11) is 0. The lowest BCUT2D eigenvalue weighted by atomic mass is 10.0. The van der Waals surface area contributed by atoms with Gasteiger partial charge in [-0.3, -0.25) is 4.90 Å². The molecule has 1 atom stereocenters. The quantitative estimate of drug-likeness (QED) is 0.856. The van der Waals surface area contributed by atoms with Crippen LogP contribution in [0.2, 0.25) is 5.02 Å². The normalized spacial score (nSPS) is 21.1. The summed E-state index contributed by atoms with van der Waals surface area (Å²) < 4.78 is 0. The van der Waals surface area contributed by atoms with Crippen LogP contribution in [0.4, 0.5) is 0 Å². The van der Waals surface area contributed by atoms with Crippen LogP contribution in [0, 0.1) is 0 Å². The molecule has 1 aliphatic heterocycles. The number of rotatable bonds is 5. The second-order valence-electron chi connectivity index (χ2n) is 4.88. The third kappa shape index (κ3) is 4.25. The van der Waals surface area contributed by atoms with E-state index in [1.54, 1.807) is 0 Å². The van der Waals surface area contributed by atoms with Crippen molar-refractivity contribution in [1.82, 2.24) is 10.2 Å². The number of aliphatic hydroxyl groups is 1. The van der Waals surface area contributed by atoms with E-state index in [2.05, 4.69) is 16.3 Å². The van der Waals surface area contributed by atoms with Crippen molar-refractivity contribution in [2.45, 2.75) is 25.4 Å². The van der Waals surface area contributed by atoms with Gasteiger partial charge in [0.1, 0.15) is 0 Å². The molecule has 0 bridgehead atoms. The maximum Gasteiger partial charge on any atom is 0.0556 e. The fourth-order valence-corrected chi connectivity index (χ4v) is 2.74. The number of likely N-dealkylation sites (tertiary alicyclic amines) is 1. The summed E-state index contributed by atoms with van der Waals surface area (Å²) in [6.45, 7) is 4.05. The first kappa shape index (κ1) is 13.8. The van der Waals surface area contributed by atoms with Gasteiger partial charge in [-0.1, -0.05) is 23.7 Å². The van der Waals surface area contributed by atoms with E-state index in [-0.39, 0.29) is 6.61 Å². The second kappa shape index (κ2) is 7.10. The van der Waals surface area contributed by atoms with Crippen LogP contribution in [0.15, 0.2) is 24.3 Å². The predicted octanol–water partition coefficient (Wildman–Crippen LogP) is 1.89. The molecule has 1 aliphatic rings. The van der Waals surface area contributed by atoms with Crippen molar-refractivity contribution in [2.75, 3.05) is 26.2 Å². The summed E-state index contributed by atoms with van der Waals surface area (Å²) in [5, 5.41) is 13.0. The van der Waals surface area contributed by atoms with Gasteiger partial charge in [-0.05, 0) is 37.1 Å². The van der Waals surface area contributed by atoms with Crippen LogP contribution in [0.3, 0.4) is 0 Å². The molecule has 0 spiro atoms. The number of nitrogens with one attached hydrogen (secondary N) is 1. The Bertz CT molecular complexity index is 373. The number of halogens is 1. The number of hydrogen-bond donors (Lipinski definition) is 2. The standard InChI is InChI=1S/C14H21ClN2O/c15-13-4-1-3-12(9-13)10-17-7-2-5-14(11-17)16-6-8-18/h1,3-4,9,14,16,18H,2,5-8,10-11H2. The van der Waals surface area contributed by atoms with Gasteiger partial charge in [-0.15, -0.1) is 0 Å². The molecule has 3 nitrogen and oxygen atoms in total. The topological polar surface area (TPSA) is 35.5 Å². The Morgan fingerprint density at radius 1 is 1.44 bits per heavy atom. The molecule has 1 fully saturated rings. The molecule has 1 aromatic rings. The van der Waals surface area contributed by atoms with Crippen molar-refractivity contribution in [3.05, 3.63) is 34.9 Å². The highest BCUT2D eigenvalue weighted by Crippen LogP contribution is 2.16. The molecule has 1 saturated heterocycles. The zero-order valence-corrected chi connectivity index (χ0v) is 11.4. The van der Waals surface area contributed by atoms with Crippen LogP contribution < -0.4 is 5.32 Å². The molecule has 18 heavy (non-hydrogen) atoms. The summed E-state index contributed by atoms with van der Waals surface area (Å²) in [5.41, 5.74) is 1.27. The third-order valence-electron chi connectivity index (χ3n) is 3.35. The lowest BCUT2D eigenvalue weighted by Crippen LogP contribution is -2.46. The first-order valence-electron chi connectivity index (χ1n) is 6.59. The van der Waals surface area contributed by atoms with Gasteiger partial charge >= 0.3 is 0 Å². The molecule has 0 aromatic heterocycles. The van der Waals surface area contributed by atoms with Gasteiger partial charge in [0.05, 0.1) is 6.61 Å². The van der Waals surface area contributed by atoms with Crippen molar-refractivity contribution in [2.24, 2.45) is 0 Å². The molecule has 0 saturated carbocycles. The van der Waals surface area contributed by atoms with Crippen molar-refractivity contribution < 1.29 is 5.11 Å². The Morgan fingerprint density at radius 2 is 2.33 bits per heavy atom. The van der Waals surface area contributed by atoms with Crippen LogP contribution >= 0.6 is 11.6 Å². The number of aliphatic hydroxyl groups excluding tert-OH is 1. The molecule has 2 rings (SSSR count). The van der Waals surface area contributed by atoms with Crippen LogP contribution in [0.5, 0.6) is 0 Å². The smallest absolute Gasteiger partial charge is 0.0556 e.